The molecule has 11 nitrogen and oxygen atoms in total. The second-order valence-corrected chi connectivity index (χ2v) is 12.4. The summed E-state index contributed by atoms with van der Waals surface area (Å²) in [6.45, 7) is 5.95. The van der Waals surface area contributed by atoms with E-state index in [2.05, 4.69) is 14.9 Å². The molecule has 1 aromatic rings. The molecule has 0 spiro atoms. The van der Waals surface area contributed by atoms with Crippen LogP contribution in [0.5, 0.6) is 0 Å². The van der Waals surface area contributed by atoms with Crippen LogP contribution in [-0.4, -0.2) is 104 Å². The van der Waals surface area contributed by atoms with E-state index >= 15 is 0 Å². The largest absolute Gasteiger partial charge is 0.443 e. The van der Waals surface area contributed by atoms with Crippen molar-refractivity contribution < 1.29 is 27.4 Å². The Morgan fingerprint density at radius 2 is 2.00 bits per heavy atom. The molecule has 194 valence electrons. The molecule has 1 aromatic heterocycles. The van der Waals surface area contributed by atoms with Gasteiger partial charge in [0.2, 0.25) is 16.0 Å². The molecule has 2 atom stereocenters. The zero-order valence-electron chi connectivity index (χ0n) is 20.7. The number of aromatic nitrogens is 2. The molecular formula is C23H35N5O6S. The van der Waals surface area contributed by atoms with Crippen molar-refractivity contribution in [2.24, 2.45) is 5.92 Å². The molecule has 2 saturated heterocycles. The first-order valence-electron chi connectivity index (χ1n) is 12.3. The highest BCUT2D eigenvalue weighted by Crippen LogP contribution is 2.39. The van der Waals surface area contributed by atoms with Crippen LogP contribution in [0.15, 0.2) is 6.20 Å². The fraction of sp³-hybridized carbons (Fsp3) is 0.783. The average Bonchev–Trinajstić information content (AvgIpc) is 3.53. The summed E-state index contributed by atoms with van der Waals surface area (Å²) in [7, 11) is -1.53. The minimum absolute atomic E-state index is 0.0741. The number of amides is 1. The molecule has 35 heavy (non-hydrogen) atoms. The Hall–Kier alpha value is -2.02. The van der Waals surface area contributed by atoms with Gasteiger partial charge in [-0.05, 0) is 26.2 Å². The Bertz CT molecular complexity index is 1060. The lowest BCUT2D eigenvalue weighted by atomic mass is 9.94. The van der Waals surface area contributed by atoms with E-state index in [1.807, 2.05) is 6.92 Å². The summed E-state index contributed by atoms with van der Waals surface area (Å²) < 4.78 is 42.5. The predicted octanol–water partition coefficient (Wildman–Crippen LogP) is 1.03. The fourth-order valence-corrected chi connectivity index (χ4v) is 5.62. The van der Waals surface area contributed by atoms with Crippen LogP contribution in [-0.2, 0) is 37.2 Å². The number of ether oxygens (including phenoxy) is 3. The smallest absolute Gasteiger partial charge is 0.410 e. The van der Waals surface area contributed by atoms with Crippen LogP contribution in [0.25, 0.3) is 0 Å². The van der Waals surface area contributed by atoms with E-state index in [0.717, 1.165) is 43.6 Å². The summed E-state index contributed by atoms with van der Waals surface area (Å²) in [5, 5.41) is 0. The van der Waals surface area contributed by atoms with Gasteiger partial charge in [0.05, 0.1) is 37.3 Å². The summed E-state index contributed by atoms with van der Waals surface area (Å²) in [4.78, 5) is 25.4. The van der Waals surface area contributed by atoms with Gasteiger partial charge in [-0.3, -0.25) is 0 Å². The predicted molar refractivity (Wildman–Crippen MR) is 128 cm³/mol. The van der Waals surface area contributed by atoms with Crippen molar-refractivity contribution in [2.75, 3.05) is 57.6 Å². The molecule has 1 aliphatic carbocycles. The van der Waals surface area contributed by atoms with Crippen LogP contribution in [0, 0.1) is 5.92 Å². The number of sulfonamides is 1. The fourth-order valence-electron chi connectivity index (χ4n) is 4.82. The van der Waals surface area contributed by atoms with E-state index in [4.69, 9.17) is 14.2 Å². The van der Waals surface area contributed by atoms with Crippen molar-refractivity contribution in [3.05, 3.63) is 17.5 Å². The summed E-state index contributed by atoms with van der Waals surface area (Å²) in [5.74, 6) is 0.898. The molecule has 0 N–H and O–H groups in total. The highest BCUT2D eigenvalue weighted by molar-refractivity contribution is 7.88. The minimum atomic E-state index is -3.21. The number of likely N-dealkylation sites (tertiary alicyclic amines) is 1. The zero-order valence-corrected chi connectivity index (χ0v) is 21.5. The summed E-state index contributed by atoms with van der Waals surface area (Å²) >= 11 is 0. The number of fused-ring (bicyclic) bond motifs is 1. The lowest BCUT2D eigenvalue weighted by Gasteiger charge is -2.42. The summed E-state index contributed by atoms with van der Waals surface area (Å²) in [6, 6.07) is 0. The topological polar surface area (TPSA) is 114 Å². The number of rotatable bonds is 7. The molecule has 0 unspecified atom stereocenters. The number of methoxy groups -OCH3 is 1. The average molecular weight is 510 g/mol. The van der Waals surface area contributed by atoms with Crippen molar-refractivity contribution in [3.63, 3.8) is 0 Å². The normalized spacial score (nSPS) is 26.7. The molecule has 4 aliphatic rings. The molecule has 3 aliphatic heterocycles. The molecule has 4 heterocycles. The van der Waals surface area contributed by atoms with E-state index < -0.39 is 10.0 Å². The Kier molecular flexibility index (Phi) is 6.66. The van der Waals surface area contributed by atoms with Crippen molar-refractivity contribution in [1.29, 1.82) is 0 Å². The molecule has 5 rings (SSSR count). The number of piperidine rings is 1. The summed E-state index contributed by atoms with van der Waals surface area (Å²) in [5.41, 5.74) is 1.52. The zero-order chi connectivity index (χ0) is 24.8. The number of hydrogen-bond donors (Lipinski definition) is 0. The van der Waals surface area contributed by atoms with Crippen molar-refractivity contribution >= 4 is 22.1 Å². The lowest BCUT2D eigenvalue weighted by Crippen LogP contribution is -2.55. The van der Waals surface area contributed by atoms with Gasteiger partial charge in [-0.25, -0.2) is 23.2 Å². The molecule has 3 fully saturated rings. The number of carbonyl (C=O) groups is 1. The quantitative estimate of drug-likeness (QED) is 0.531. The number of nitrogens with zero attached hydrogens (tertiary/aromatic N) is 5. The third-order valence-corrected chi connectivity index (χ3v) is 8.83. The van der Waals surface area contributed by atoms with E-state index in [-0.39, 0.29) is 29.8 Å². The van der Waals surface area contributed by atoms with Gasteiger partial charge >= 0.3 is 6.09 Å². The van der Waals surface area contributed by atoms with Gasteiger partial charge in [0.15, 0.2) is 0 Å². The Morgan fingerprint density at radius 1 is 1.23 bits per heavy atom. The second-order valence-electron chi connectivity index (χ2n) is 10.4. The van der Waals surface area contributed by atoms with Crippen LogP contribution in [0.1, 0.15) is 37.4 Å². The first-order chi connectivity index (χ1) is 16.6. The number of hydrogen-bond acceptors (Lipinski definition) is 9. The summed E-state index contributed by atoms with van der Waals surface area (Å²) in [6.07, 6.45) is 6.05. The third kappa shape index (κ3) is 5.55. The van der Waals surface area contributed by atoms with Gasteiger partial charge < -0.3 is 24.0 Å². The molecular weight excluding hydrogens is 474 g/mol. The van der Waals surface area contributed by atoms with Gasteiger partial charge in [-0.2, -0.15) is 4.31 Å². The molecule has 1 amide bonds. The molecule has 12 heteroatoms. The Balaban J connectivity index is 1.07. The van der Waals surface area contributed by atoms with E-state index in [0.29, 0.717) is 45.2 Å². The highest BCUT2D eigenvalue weighted by atomic mass is 32.2. The Morgan fingerprint density at radius 3 is 2.69 bits per heavy atom. The maximum absolute atomic E-state index is 12.4. The van der Waals surface area contributed by atoms with Crippen LogP contribution in [0.2, 0.25) is 0 Å². The molecule has 0 radical (unpaired) electrons. The van der Waals surface area contributed by atoms with E-state index in [1.54, 1.807) is 18.2 Å². The molecule has 0 bridgehead atoms. The number of carbonyl (C=O) groups excluding carboxylic acids is 1. The van der Waals surface area contributed by atoms with Crippen LogP contribution < -0.4 is 4.90 Å². The Labute approximate surface area is 206 Å². The van der Waals surface area contributed by atoms with Crippen molar-refractivity contribution in [2.45, 2.75) is 57.0 Å². The van der Waals surface area contributed by atoms with Gasteiger partial charge in [0, 0.05) is 63.9 Å². The maximum atomic E-state index is 12.4. The van der Waals surface area contributed by atoms with Gasteiger partial charge in [-0.1, -0.05) is 0 Å². The van der Waals surface area contributed by atoms with Gasteiger partial charge in [0.25, 0.3) is 0 Å². The van der Waals surface area contributed by atoms with Gasteiger partial charge in [-0.15, -0.1) is 0 Å². The maximum Gasteiger partial charge on any atom is 0.410 e. The van der Waals surface area contributed by atoms with E-state index in [1.165, 1.54) is 10.6 Å². The standard InChI is InChI=1S/C23H35N5O6S/c1-23(6-7-23)34-22(29)26-8-4-16(20(14-26)32-2)15-33-18-12-27(13-18)21-24-10-17-11-28(35(3,30)31)9-5-19(17)25-21/h10,16,18,20H,4-9,11-15H2,1-3H3/t16-,20-/m0/s1. The van der Waals surface area contributed by atoms with Crippen LogP contribution in [0.4, 0.5) is 10.7 Å². The first kappa shape index (κ1) is 24.7. The van der Waals surface area contributed by atoms with Gasteiger partial charge in [0.1, 0.15) is 5.60 Å². The highest BCUT2D eigenvalue weighted by Gasteiger charge is 2.44. The third-order valence-electron chi connectivity index (χ3n) is 7.58. The SMILES string of the molecule is CO[C@H]1CN(C(=O)OC2(C)CC2)CC[C@H]1COC1CN(c2ncc3c(n2)CCN(S(C)(=O)=O)C3)C1. The molecule has 0 aromatic carbocycles. The van der Waals surface area contributed by atoms with Crippen molar-refractivity contribution in [3.8, 4) is 0 Å². The van der Waals surface area contributed by atoms with Crippen molar-refractivity contribution in [1.82, 2.24) is 19.2 Å². The van der Waals surface area contributed by atoms with Crippen LogP contribution in [0.3, 0.4) is 0 Å². The number of anilines is 1. The first-order valence-corrected chi connectivity index (χ1v) is 14.2. The van der Waals surface area contributed by atoms with Crippen LogP contribution >= 0.6 is 0 Å². The van der Waals surface area contributed by atoms with E-state index in [9.17, 15) is 13.2 Å². The monoisotopic (exact) mass is 509 g/mol. The second kappa shape index (κ2) is 9.45. The molecule has 1 saturated carbocycles. The minimum Gasteiger partial charge on any atom is -0.443 e. The lowest BCUT2D eigenvalue weighted by molar-refractivity contribution is -0.0658.